The molecular formula is C16H18BrFN2. The van der Waals surface area contributed by atoms with E-state index in [1.54, 1.807) is 0 Å². The molecule has 2 aromatic carbocycles. The lowest BCUT2D eigenvalue weighted by molar-refractivity contribution is 0.603. The SMILES string of the molecule is Cc1cc(F)cc(C(NN)c2cc(C)c(Br)c(C)c2)c1. The Kier molecular flexibility index (Phi) is 4.58. The molecule has 4 heteroatoms. The summed E-state index contributed by atoms with van der Waals surface area (Å²) in [6.07, 6.45) is 0. The van der Waals surface area contributed by atoms with Gasteiger partial charge in [0, 0.05) is 4.47 Å². The molecular weight excluding hydrogens is 319 g/mol. The van der Waals surface area contributed by atoms with Crippen LogP contribution in [0.3, 0.4) is 0 Å². The third-order valence-corrected chi connectivity index (χ3v) is 4.61. The summed E-state index contributed by atoms with van der Waals surface area (Å²) in [5.41, 5.74) is 7.78. The molecule has 3 N–H and O–H groups in total. The first-order valence-corrected chi connectivity index (χ1v) is 7.21. The predicted molar refractivity (Wildman–Crippen MR) is 83.9 cm³/mol. The van der Waals surface area contributed by atoms with Gasteiger partial charge in [0.1, 0.15) is 5.82 Å². The molecule has 0 saturated heterocycles. The summed E-state index contributed by atoms with van der Waals surface area (Å²) in [5, 5.41) is 0. The van der Waals surface area contributed by atoms with Crippen LogP contribution >= 0.6 is 15.9 Å². The Bertz CT molecular complexity index is 597. The van der Waals surface area contributed by atoms with Crippen LogP contribution < -0.4 is 11.3 Å². The second kappa shape index (κ2) is 6.04. The van der Waals surface area contributed by atoms with Crippen molar-refractivity contribution in [1.82, 2.24) is 5.43 Å². The van der Waals surface area contributed by atoms with Crippen molar-refractivity contribution in [2.75, 3.05) is 0 Å². The standard InChI is InChI=1S/C16H18BrFN2/c1-9-4-12(8-14(18)5-9)16(20-19)13-6-10(2)15(17)11(3)7-13/h4-8,16,20H,19H2,1-3H3. The highest BCUT2D eigenvalue weighted by Crippen LogP contribution is 2.29. The fourth-order valence-electron chi connectivity index (χ4n) is 2.46. The molecule has 1 unspecified atom stereocenters. The molecule has 2 nitrogen and oxygen atoms in total. The largest absolute Gasteiger partial charge is 0.271 e. The molecule has 0 heterocycles. The predicted octanol–water partition coefficient (Wildman–Crippen LogP) is 4.07. The highest BCUT2D eigenvalue weighted by molar-refractivity contribution is 9.10. The van der Waals surface area contributed by atoms with Gasteiger partial charge < -0.3 is 0 Å². The number of hydrogen-bond acceptors (Lipinski definition) is 2. The first kappa shape index (κ1) is 15.2. The lowest BCUT2D eigenvalue weighted by Crippen LogP contribution is -2.29. The van der Waals surface area contributed by atoms with Gasteiger partial charge in [0.05, 0.1) is 6.04 Å². The van der Waals surface area contributed by atoms with Crippen LogP contribution in [0.5, 0.6) is 0 Å². The molecule has 0 aliphatic rings. The van der Waals surface area contributed by atoms with Crippen molar-refractivity contribution in [3.8, 4) is 0 Å². The van der Waals surface area contributed by atoms with E-state index in [0.717, 1.165) is 32.3 Å². The van der Waals surface area contributed by atoms with Gasteiger partial charge in [-0.2, -0.15) is 0 Å². The van der Waals surface area contributed by atoms with Crippen LogP contribution in [0.2, 0.25) is 0 Å². The molecule has 0 aliphatic carbocycles. The van der Waals surface area contributed by atoms with Crippen molar-refractivity contribution in [3.63, 3.8) is 0 Å². The van der Waals surface area contributed by atoms with Crippen molar-refractivity contribution < 1.29 is 4.39 Å². The molecule has 0 aromatic heterocycles. The second-order valence-corrected chi connectivity index (χ2v) is 5.92. The maximum atomic E-state index is 13.6. The van der Waals surface area contributed by atoms with E-state index in [-0.39, 0.29) is 11.9 Å². The Hall–Kier alpha value is -1.23. The fourth-order valence-corrected chi connectivity index (χ4v) is 2.69. The zero-order valence-electron chi connectivity index (χ0n) is 11.8. The number of hydrazine groups is 1. The number of aryl methyl sites for hydroxylation is 3. The van der Waals surface area contributed by atoms with Gasteiger partial charge in [0.15, 0.2) is 0 Å². The van der Waals surface area contributed by atoms with Gasteiger partial charge in [-0.25, -0.2) is 9.82 Å². The van der Waals surface area contributed by atoms with Gasteiger partial charge in [-0.15, -0.1) is 0 Å². The normalized spacial score (nSPS) is 12.5. The number of halogens is 2. The summed E-state index contributed by atoms with van der Waals surface area (Å²) >= 11 is 3.55. The van der Waals surface area contributed by atoms with E-state index in [4.69, 9.17) is 5.84 Å². The molecule has 0 radical (unpaired) electrons. The van der Waals surface area contributed by atoms with Crippen LogP contribution in [0, 0.1) is 26.6 Å². The molecule has 0 aliphatic heterocycles. The van der Waals surface area contributed by atoms with Crippen molar-refractivity contribution in [2.45, 2.75) is 26.8 Å². The fraction of sp³-hybridized carbons (Fsp3) is 0.250. The Morgan fingerprint density at radius 3 is 2.05 bits per heavy atom. The van der Waals surface area contributed by atoms with Gasteiger partial charge in [-0.3, -0.25) is 5.84 Å². The highest BCUT2D eigenvalue weighted by Gasteiger charge is 2.15. The van der Waals surface area contributed by atoms with E-state index in [1.807, 2.05) is 26.8 Å². The van der Waals surface area contributed by atoms with E-state index < -0.39 is 0 Å². The minimum absolute atomic E-state index is 0.227. The molecule has 0 saturated carbocycles. The topological polar surface area (TPSA) is 38.0 Å². The quantitative estimate of drug-likeness (QED) is 0.655. The third-order valence-electron chi connectivity index (χ3n) is 3.36. The summed E-state index contributed by atoms with van der Waals surface area (Å²) in [4.78, 5) is 0. The number of hydrogen-bond donors (Lipinski definition) is 2. The number of nitrogens with two attached hydrogens (primary N) is 1. The summed E-state index contributed by atoms with van der Waals surface area (Å²) in [5.74, 6) is 5.45. The Morgan fingerprint density at radius 1 is 1.00 bits per heavy atom. The van der Waals surface area contributed by atoms with Gasteiger partial charge in [-0.05, 0) is 60.7 Å². The Labute approximate surface area is 127 Å². The van der Waals surface area contributed by atoms with E-state index in [1.165, 1.54) is 12.1 Å². The van der Waals surface area contributed by atoms with Gasteiger partial charge in [-0.1, -0.05) is 34.1 Å². The van der Waals surface area contributed by atoms with Gasteiger partial charge in [0.25, 0.3) is 0 Å². The first-order chi connectivity index (χ1) is 9.42. The average molecular weight is 337 g/mol. The van der Waals surface area contributed by atoms with Gasteiger partial charge in [0.2, 0.25) is 0 Å². The summed E-state index contributed by atoms with van der Waals surface area (Å²) in [7, 11) is 0. The molecule has 0 amide bonds. The van der Waals surface area contributed by atoms with Crippen molar-refractivity contribution >= 4 is 15.9 Å². The molecule has 2 rings (SSSR count). The van der Waals surface area contributed by atoms with Crippen molar-refractivity contribution in [1.29, 1.82) is 0 Å². The van der Waals surface area contributed by atoms with Crippen LogP contribution in [0.15, 0.2) is 34.8 Å². The smallest absolute Gasteiger partial charge is 0.123 e. The zero-order valence-corrected chi connectivity index (χ0v) is 13.4. The first-order valence-electron chi connectivity index (χ1n) is 6.42. The minimum atomic E-state index is -0.245. The van der Waals surface area contributed by atoms with Gasteiger partial charge >= 0.3 is 0 Å². The van der Waals surface area contributed by atoms with Crippen LogP contribution in [-0.4, -0.2) is 0 Å². The summed E-state index contributed by atoms with van der Waals surface area (Å²) < 4.78 is 14.7. The minimum Gasteiger partial charge on any atom is -0.271 e. The van der Waals surface area contributed by atoms with E-state index in [0.29, 0.717) is 0 Å². The summed E-state index contributed by atoms with van der Waals surface area (Å²) in [6.45, 7) is 5.94. The molecule has 0 fully saturated rings. The lowest BCUT2D eigenvalue weighted by atomic mass is 9.95. The van der Waals surface area contributed by atoms with E-state index >= 15 is 0 Å². The third kappa shape index (κ3) is 3.08. The maximum Gasteiger partial charge on any atom is 0.123 e. The van der Waals surface area contributed by atoms with E-state index in [2.05, 4.69) is 33.5 Å². The Balaban J connectivity index is 2.52. The number of nitrogens with one attached hydrogen (secondary N) is 1. The number of rotatable bonds is 3. The molecule has 2 aromatic rings. The molecule has 106 valence electrons. The average Bonchev–Trinajstić information content (AvgIpc) is 2.35. The zero-order chi connectivity index (χ0) is 14.9. The maximum absolute atomic E-state index is 13.6. The Morgan fingerprint density at radius 2 is 1.55 bits per heavy atom. The van der Waals surface area contributed by atoms with Crippen LogP contribution in [0.1, 0.15) is 33.9 Å². The van der Waals surface area contributed by atoms with Crippen LogP contribution in [0.4, 0.5) is 4.39 Å². The second-order valence-electron chi connectivity index (χ2n) is 5.13. The highest BCUT2D eigenvalue weighted by atomic mass is 79.9. The van der Waals surface area contributed by atoms with Crippen LogP contribution in [0.25, 0.3) is 0 Å². The molecule has 20 heavy (non-hydrogen) atoms. The van der Waals surface area contributed by atoms with Crippen molar-refractivity contribution in [3.05, 3.63) is 68.4 Å². The molecule has 0 spiro atoms. The lowest BCUT2D eigenvalue weighted by Gasteiger charge is -2.19. The van der Waals surface area contributed by atoms with Crippen molar-refractivity contribution in [2.24, 2.45) is 5.84 Å². The number of benzene rings is 2. The summed E-state index contributed by atoms with van der Waals surface area (Å²) in [6, 6.07) is 8.86. The van der Waals surface area contributed by atoms with Crippen LogP contribution in [-0.2, 0) is 0 Å². The molecule has 0 bridgehead atoms. The monoisotopic (exact) mass is 336 g/mol. The molecule has 1 atom stereocenters. The van der Waals surface area contributed by atoms with E-state index in [9.17, 15) is 4.39 Å².